The van der Waals surface area contributed by atoms with Crippen LogP contribution in [0.5, 0.6) is 0 Å². The smallest absolute Gasteiger partial charge is 0.254 e. The molecule has 6 nitrogen and oxygen atoms in total. The van der Waals surface area contributed by atoms with Crippen molar-refractivity contribution >= 4 is 11.6 Å². The summed E-state index contributed by atoms with van der Waals surface area (Å²) in [5.41, 5.74) is 0.904. The maximum atomic E-state index is 5.22. The fourth-order valence-electron chi connectivity index (χ4n) is 3.49. The molecule has 2 aliphatic rings. The number of hydrogen-bond acceptors (Lipinski definition) is 5. The van der Waals surface area contributed by atoms with Gasteiger partial charge in [0.25, 0.3) is 5.78 Å². The lowest BCUT2D eigenvalue weighted by Gasteiger charge is -2.19. The van der Waals surface area contributed by atoms with E-state index in [-0.39, 0.29) is 0 Å². The highest BCUT2D eigenvalue weighted by Crippen LogP contribution is 2.35. The molecule has 0 radical (unpaired) electrons. The minimum Gasteiger partial charge on any atom is -0.378 e. The number of rotatable bonds is 3. The van der Waals surface area contributed by atoms with E-state index < -0.39 is 0 Å². The standard InChI is InChI=1S/C15H19N5O/c1-21-9-13-6-14(20-15(18-13)16-10-17-20)19-7-11-4-2-3-5-12(11)8-19/h2-3,6,10-12H,4-5,7-9H2,1H3. The van der Waals surface area contributed by atoms with Gasteiger partial charge in [0.05, 0.1) is 12.3 Å². The Morgan fingerprint density at radius 2 is 2.00 bits per heavy atom. The highest BCUT2D eigenvalue weighted by atomic mass is 16.5. The lowest BCUT2D eigenvalue weighted by Crippen LogP contribution is -2.23. The van der Waals surface area contributed by atoms with Gasteiger partial charge in [-0.2, -0.15) is 14.6 Å². The third kappa shape index (κ3) is 2.19. The summed E-state index contributed by atoms with van der Waals surface area (Å²) in [4.78, 5) is 11.1. The van der Waals surface area contributed by atoms with Gasteiger partial charge in [-0.15, -0.1) is 0 Å². The average Bonchev–Trinajstić information content (AvgIpc) is 3.12. The number of aromatic nitrogens is 4. The van der Waals surface area contributed by atoms with Crippen molar-refractivity contribution in [3.8, 4) is 0 Å². The topological polar surface area (TPSA) is 55.6 Å². The second-order valence-electron chi connectivity index (χ2n) is 5.88. The highest BCUT2D eigenvalue weighted by molar-refractivity contribution is 5.48. The zero-order valence-corrected chi connectivity index (χ0v) is 12.1. The van der Waals surface area contributed by atoms with Crippen LogP contribution >= 0.6 is 0 Å². The minimum atomic E-state index is 0.499. The molecular weight excluding hydrogens is 266 g/mol. The number of allylic oxidation sites excluding steroid dienone is 2. The number of hydrogen-bond donors (Lipinski definition) is 0. The highest BCUT2D eigenvalue weighted by Gasteiger charge is 2.34. The Kier molecular flexibility index (Phi) is 3.11. The van der Waals surface area contributed by atoms with Gasteiger partial charge in [0.1, 0.15) is 12.1 Å². The Morgan fingerprint density at radius 3 is 2.71 bits per heavy atom. The fraction of sp³-hybridized carbons (Fsp3) is 0.533. The van der Waals surface area contributed by atoms with E-state index in [0.717, 1.165) is 36.4 Å². The molecule has 6 heteroatoms. The number of anilines is 1. The van der Waals surface area contributed by atoms with Crippen molar-refractivity contribution in [3.05, 3.63) is 30.2 Å². The summed E-state index contributed by atoms with van der Waals surface area (Å²) in [6.45, 7) is 2.67. The van der Waals surface area contributed by atoms with Crippen molar-refractivity contribution in [3.63, 3.8) is 0 Å². The molecule has 2 aromatic rings. The Bertz CT molecular complexity index is 664. The fourth-order valence-corrected chi connectivity index (χ4v) is 3.49. The first-order valence-electron chi connectivity index (χ1n) is 7.43. The first-order chi connectivity index (χ1) is 10.3. The summed E-state index contributed by atoms with van der Waals surface area (Å²) in [6.07, 6.45) is 8.58. The van der Waals surface area contributed by atoms with Gasteiger partial charge in [-0.05, 0) is 24.7 Å². The molecule has 0 aromatic carbocycles. The zero-order chi connectivity index (χ0) is 14.2. The predicted molar refractivity (Wildman–Crippen MR) is 79.1 cm³/mol. The van der Waals surface area contributed by atoms with Gasteiger partial charge in [-0.1, -0.05) is 12.2 Å². The van der Waals surface area contributed by atoms with Crippen LogP contribution in [0.25, 0.3) is 5.78 Å². The summed E-state index contributed by atoms with van der Waals surface area (Å²) in [6, 6.07) is 2.08. The average molecular weight is 285 g/mol. The normalized spacial score (nSPS) is 24.7. The van der Waals surface area contributed by atoms with Crippen LogP contribution in [0.2, 0.25) is 0 Å². The molecule has 0 bridgehead atoms. The molecular formula is C15H19N5O. The number of nitrogens with zero attached hydrogens (tertiary/aromatic N) is 5. The molecule has 2 aromatic heterocycles. The van der Waals surface area contributed by atoms with Crippen LogP contribution in [0, 0.1) is 11.8 Å². The van der Waals surface area contributed by atoms with Crippen LogP contribution in [0.3, 0.4) is 0 Å². The number of methoxy groups -OCH3 is 1. The summed E-state index contributed by atoms with van der Waals surface area (Å²) >= 11 is 0. The third-order valence-corrected chi connectivity index (χ3v) is 4.52. The second kappa shape index (κ2) is 5.11. The number of ether oxygens (including phenoxy) is 1. The van der Waals surface area contributed by atoms with E-state index in [1.54, 1.807) is 13.4 Å². The lowest BCUT2D eigenvalue weighted by atomic mass is 9.86. The molecule has 21 heavy (non-hydrogen) atoms. The van der Waals surface area contributed by atoms with E-state index in [4.69, 9.17) is 4.74 Å². The van der Waals surface area contributed by atoms with E-state index >= 15 is 0 Å². The van der Waals surface area contributed by atoms with Crippen molar-refractivity contribution < 1.29 is 4.74 Å². The number of fused-ring (bicyclic) bond motifs is 2. The molecule has 0 N–H and O–H groups in total. The molecule has 4 rings (SSSR count). The van der Waals surface area contributed by atoms with Gasteiger partial charge in [0.15, 0.2) is 0 Å². The van der Waals surface area contributed by atoms with Crippen LogP contribution in [0.1, 0.15) is 18.5 Å². The molecule has 110 valence electrons. The SMILES string of the molecule is COCc1cc(N2CC3CC=CCC3C2)n2ncnc2n1. The van der Waals surface area contributed by atoms with Gasteiger partial charge in [-0.3, -0.25) is 0 Å². The van der Waals surface area contributed by atoms with Crippen LogP contribution in [0.4, 0.5) is 5.82 Å². The van der Waals surface area contributed by atoms with E-state index in [1.807, 2.05) is 4.52 Å². The van der Waals surface area contributed by atoms with E-state index in [2.05, 4.69) is 38.2 Å². The van der Waals surface area contributed by atoms with Crippen molar-refractivity contribution in [2.24, 2.45) is 11.8 Å². The third-order valence-electron chi connectivity index (χ3n) is 4.52. The quantitative estimate of drug-likeness (QED) is 0.803. The van der Waals surface area contributed by atoms with Crippen molar-refractivity contribution in [2.45, 2.75) is 19.4 Å². The monoisotopic (exact) mass is 285 g/mol. The van der Waals surface area contributed by atoms with Crippen LogP contribution in [-0.4, -0.2) is 39.8 Å². The van der Waals surface area contributed by atoms with Crippen molar-refractivity contribution in [1.82, 2.24) is 19.6 Å². The molecule has 3 heterocycles. The van der Waals surface area contributed by atoms with Gasteiger partial charge < -0.3 is 9.64 Å². The molecule has 0 amide bonds. The summed E-state index contributed by atoms with van der Waals surface area (Å²) < 4.78 is 7.05. The zero-order valence-electron chi connectivity index (χ0n) is 12.1. The van der Waals surface area contributed by atoms with Crippen LogP contribution in [0.15, 0.2) is 24.5 Å². The van der Waals surface area contributed by atoms with E-state index in [0.29, 0.717) is 12.4 Å². The van der Waals surface area contributed by atoms with Crippen molar-refractivity contribution in [1.29, 1.82) is 0 Å². The maximum absolute atomic E-state index is 5.22. The summed E-state index contributed by atoms with van der Waals surface area (Å²) in [7, 11) is 1.69. The van der Waals surface area contributed by atoms with Crippen LogP contribution < -0.4 is 4.90 Å². The molecule has 0 saturated carbocycles. The first-order valence-corrected chi connectivity index (χ1v) is 7.43. The van der Waals surface area contributed by atoms with Crippen molar-refractivity contribution in [2.75, 3.05) is 25.1 Å². The molecule has 1 fully saturated rings. The summed E-state index contributed by atoms with van der Waals surface area (Å²) in [5.74, 6) is 3.24. The second-order valence-corrected chi connectivity index (χ2v) is 5.88. The Hall–Kier alpha value is -1.95. The molecule has 1 aliphatic heterocycles. The van der Waals surface area contributed by atoms with Gasteiger partial charge in [0.2, 0.25) is 0 Å². The van der Waals surface area contributed by atoms with Gasteiger partial charge in [0, 0.05) is 26.3 Å². The maximum Gasteiger partial charge on any atom is 0.254 e. The first kappa shape index (κ1) is 12.8. The molecule has 1 aliphatic carbocycles. The minimum absolute atomic E-state index is 0.499. The Labute approximate surface area is 123 Å². The molecule has 1 saturated heterocycles. The van der Waals surface area contributed by atoms with Crippen LogP contribution in [-0.2, 0) is 11.3 Å². The molecule has 2 atom stereocenters. The van der Waals surface area contributed by atoms with Gasteiger partial charge in [-0.25, -0.2) is 4.98 Å². The van der Waals surface area contributed by atoms with Gasteiger partial charge >= 0.3 is 0 Å². The lowest BCUT2D eigenvalue weighted by molar-refractivity contribution is 0.181. The summed E-state index contributed by atoms with van der Waals surface area (Å²) in [5, 5.41) is 4.33. The van der Waals surface area contributed by atoms with E-state index in [9.17, 15) is 0 Å². The largest absolute Gasteiger partial charge is 0.378 e. The van der Waals surface area contributed by atoms with E-state index in [1.165, 1.54) is 12.8 Å². The predicted octanol–water partition coefficient (Wildman–Crippen LogP) is 1.67. The Morgan fingerprint density at radius 1 is 1.24 bits per heavy atom. The Balaban J connectivity index is 1.70. The molecule has 0 spiro atoms. The molecule has 2 unspecified atom stereocenters.